The fourth-order valence-corrected chi connectivity index (χ4v) is 3.91. The van der Waals surface area contributed by atoms with E-state index in [0.29, 0.717) is 0 Å². The predicted molar refractivity (Wildman–Crippen MR) is 80.3 cm³/mol. The van der Waals surface area contributed by atoms with Gasteiger partial charge in [0.1, 0.15) is 5.82 Å². The van der Waals surface area contributed by atoms with Crippen LogP contribution in [0.1, 0.15) is 34.1 Å². The zero-order valence-electron chi connectivity index (χ0n) is 12.5. The molecule has 0 aliphatic carbocycles. The number of nitrogens with one attached hydrogen (secondary N) is 1. The Labute approximate surface area is 133 Å². The molecule has 1 aliphatic heterocycles. The Hall–Kier alpha value is -2.00. The summed E-state index contributed by atoms with van der Waals surface area (Å²) in [7, 11) is -3.50. The van der Waals surface area contributed by atoms with Gasteiger partial charge in [-0.25, -0.2) is 22.3 Å². The number of likely N-dealkylation sites (tertiary alicyclic amines) is 1. The lowest BCUT2D eigenvalue weighted by molar-refractivity contribution is 0.0694. The molecule has 1 aromatic carbocycles. The smallest absolute Gasteiger partial charge is 0.335 e. The maximum Gasteiger partial charge on any atom is 0.335 e. The highest BCUT2D eigenvalue weighted by Gasteiger charge is 2.35. The van der Waals surface area contributed by atoms with E-state index in [9.17, 15) is 22.4 Å². The molecule has 7 nitrogen and oxygen atoms in total. The SMILES string of the molecule is CCNS(=O)(=O)C1CCN(C(=O)c2ccc(C(=O)O)cc2F)C1. The van der Waals surface area contributed by atoms with Crippen molar-refractivity contribution < 1.29 is 27.5 Å². The van der Waals surface area contributed by atoms with Crippen molar-refractivity contribution >= 4 is 21.9 Å². The normalized spacial score (nSPS) is 18.2. The molecule has 2 N–H and O–H groups in total. The molecule has 23 heavy (non-hydrogen) atoms. The van der Waals surface area contributed by atoms with Crippen LogP contribution in [0.4, 0.5) is 4.39 Å². The highest BCUT2D eigenvalue weighted by molar-refractivity contribution is 7.90. The zero-order chi connectivity index (χ0) is 17.2. The number of rotatable bonds is 5. The number of halogens is 1. The first kappa shape index (κ1) is 17.4. The molecule has 1 aliphatic rings. The number of carbonyl (C=O) groups is 2. The lowest BCUT2D eigenvalue weighted by Crippen LogP contribution is -2.37. The van der Waals surface area contributed by atoms with Crippen molar-refractivity contribution in [1.29, 1.82) is 0 Å². The Morgan fingerprint density at radius 2 is 2.13 bits per heavy atom. The molecule has 1 amide bonds. The molecule has 126 valence electrons. The quantitative estimate of drug-likeness (QED) is 0.817. The minimum Gasteiger partial charge on any atom is -0.478 e. The van der Waals surface area contributed by atoms with Gasteiger partial charge in [0.2, 0.25) is 10.0 Å². The van der Waals surface area contributed by atoms with Crippen LogP contribution in [0.25, 0.3) is 0 Å². The van der Waals surface area contributed by atoms with Gasteiger partial charge >= 0.3 is 5.97 Å². The number of nitrogens with zero attached hydrogens (tertiary/aromatic N) is 1. The minimum atomic E-state index is -3.50. The third-order valence-electron chi connectivity index (χ3n) is 3.66. The number of carboxylic acids is 1. The van der Waals surface area contributed by atoms with Crippen LogP contribution in [0, 0.1) is 5.82 Å². The second-order valence-electron chi connectivity index (χ2n) is 5.20. The van der Waals surface area contributed by atoms with Crippen molar-refractivity contribution in [2.24, 2.45) is 0 Å². The Bertz CT molecular complexity index is 735. The second kappa shape index (κ2) is 6.63. The molecule has 1 saturated heterocycles. The summed E-state index contributed by atoms with van der Waals surface area (Å²) in [6.07, 6.45) is 0.274. The topological polar surface area (TPSA) is 104 Å². The van der Waals surface area contributed by atoms with Gasteiger partial charge < -0.3 is 10.0 Å². The summed E-state index contributed by atoms with van der Waals surface area (Å²) < 4.78 is 40.2. The summed E-state index contributed by atoms with van der Waals surface area (Å²) in [4.78, 5) is 24.3. The van der Waals surface area contributed by atoms with Crippen molar-refractivity contribution in [1.82, 2.24) is 9.62 Å². The van der Waals surface area contributed by atoms with Gasteiger partial charge in [0, 0.05) is 19.6 Å². The first-order valence-electron chi connectivity index (χ1n) is 7.07. The monoisotopic (exact) mass is 344 g/mol. The Kier molecular flexibility index (Phi) is 5.00. The number of amides is 1. The van der Waals surface area contributed by atoms with E-state index in [2.05, 4.69) is 4.72 Å². The average Bonchev–Trinajstić information content (AvgIpc) is 2.97. The van der Waals surface area contributed by atoms with Crippen molar-refractivity contribution in [3.63, 3.8) is 0 Å². The van der Waals surface area contributed by atoms with Crippen LogP contribution in [-0.4, -0.2) is 55.2 Å². The standard InChI is InChI=1S/C14H17FN2O5S/c1-2-16-23(21,22)10-5-6-17(8-10)13(18)11-4-3-9(14(19)20)7-12(11)15/h3-4,7,10,16H,2,5-6,8H2,1H3,(H,19,20). The van der Waals surface area contributed by atoms with Crippen LogP contribution in [0.2, 0.25) is 0 Å². The van der Waals surface area contributed by atoms with Crippen molar-refractivity contribution in [3.05, 3.63) is 35.1 Å². The fraction of sp³-hybridized carbons (Fsp3) is 0.429. The Morgan fingerprint density at radius 3 is 2.70 bits per heavy atom. The molecule has 0 radical (unpaired) electrons. The summed E-state index contributed by atoms with van der Waals surface area (Å²) >= 11 is 0. The number of hydrogen-bond donors (Lipinski definition) is 2. The molecular formula is C14H17FN2O5S. The first-order chi connectivity index (χ1) is 10.8. The van der Waals surface area contributed by atoms with Gasteiger partial charge in [-0.15, -0.1) is 0 Å². The number of benzene rings is 1. The largest absolute Gasteiger partial charge is 0.478 e. The molecule has 0 spiro atoms. The Morgan fingerprint density at radius 1 is 1.43 bits per heavy atom. The molecule has 0 aromatic heterocycles. The number of carboxylic acid groups (broad SMARTS) is 1. The predicted octanol–water partition coefficient (Wildman–Crippen LogP) is 0.678. The van der Waals surface area contributed by atoms with Gasteiger partial charge in [-0.1, -0.05) is 6.92 Å². The molecular weight excluding hydrogens is 327 g/mol. The van der Waals surface area contributed by atoms with E-state index in [1.165, 1.54) is 4.90 Å². The molecule has 1 aromatic rings. The summed E-state index contributed by atoms with van der Waals surface area (Å²) in [5.74, 6) is -2.87. The van der Waals surface area contributed by atoms with Crippen LogP contribution in [0.15, 0.2) is 18.2 Å². The van der Waals surface area contributed by atoms with Crippen molar-refractivity contribution in [3.8, 4) is 0 Å². The van der Waals surface area contributed by atoms with Crippen LogP contribution < -0.4 is 4.72 Å². The van der Waals surface area contributed by atoms with E-state index in [4.69, 9.17) is 5.11 Å². The molecule has 0 bridgehead atoms. The molecule has 1 heterocycles. The van der Waals surface area contributed by atoms with Gasteiger partial charge in [0.25, 0.3) is 5.91 Å². The maximum absolute atomic E-state index is 13.9. The van der Waals surface area contributed by atoms with Gasteiger partial charge in [-0.2, -0.15) is 0 Å². The second-order valence-corrected chi connectivity index (χ2v) is 7.25. The number of hydrogen-bond acceptors (Lipinski definition) is 4. The van der Waals surface area contributed by atoms with E-state index >= 15 is 0 Å². The zero-order valence-corrected chi connectivity index (χ0v) is 13.3. The third kappa shape index (κ3) is 3.67. The molecule has 1 atom stereocenters. The van der Waals surface area contributed by atoms with Gasteiger partial charge in [-0.3, -0.25) is 4.79 Å². The van der Waals surface area contributed by atoms with E-state index in [0.717, 1.165) is 18.2 Å². The summed E-state index contributed by atoms with van der Waals surface area (Å²) in [5.41, 5.74) is -0.524. The van der Waals surface area contributed by atoms with Gasteiger partial charge in [-0.05, 0) is 24.6 Å². The highest BCUT2D eigenvalue weighted by Crippen LogP contribution is 2.20. The summed E-state index contributed by atoms with van der Waals surface area (Å²) in [5, 5.41) is 8.06. The van der Waals surface area contributed by atoms with Gasteiger partial charge in [0.05, 0.1) is 16.4 Å². The molecule has 1 fully saturated rings. The van der Waals surface area contributed by atoms with Crippen molar-refractivity contribution in [2.75, 3.05) is 19.6 Å². The Balaban J connectivity index is 2.15. The number of aromatic carboxylic acids is 1. The lowest BCUT2D eigenvalue weighted by atomic mass is 10.1. The first-order valence-corrected chi connectivity index (χ1v) is 8.61. The molecule has 9 heteroatoms. The highest BCUT2D eigenvalue weighted by atomic mass is 32.2. The van der Waals surface area contributed by atoms with Crippen LogP contribution in [0.3, 0.4) is 0 Å². The third-order valence-corrected chi connectivity index (χ3v) is 5.62. The van der Waals surface area contributed by atoms with Crippen LogP contribution in [0.5, 0.6) is 0 Å². The maximum atomic E-state index is 13.9. The van der Waals surface area contributed by atoms with Crippen LogP contribution >= 0.6 is 0 Å². The summed E-state index contributed by atoms with van der Waals surface area (Å²) in [6.45, 7) is 2.11. The minimum absolute atomic E-state index is 0.0196. The molecule has 0 saturated carbocycles. The van der Waals surface area contributed by atoms with E-state index in [-0.39, 0.29) is 37.2 Å². The van der Waals surface area contributed by atoms with Crippen molar-refractivity contribution in [2.45, 2.75) is 18.6 Å². The number of sulfonamides is 1. The van der Waals surface area contributed by atoms with Gasteiger partial charge in [0.15, 0.2) is 0 Å². The lowest BCUT2D eigenvalue weighted by Gasteiger charge is -2.17. The molecule has 2 rings (SSSR count). The van der Waals surface area contributed by atoms with E-state index in [1.807, 2.05) is 0 Å². The summed E-state index contributed by atoms with van der Waals surface area (Å²) in [6, 6.07) is 3.02. The van der Waals surface area contributed by atoms with E-state index in [1.54, 1.807) is 6.92 Å². The molecule has 1 unspecified atom stereocenters. The number of carbonyl (C=O) groups excluding carboxylic acids is 1. The van der Waals surface area contributed by atoms with Crippen LogP contribution in [-0.2, 0) is 10.0 Å². The average molecular weight is 344 g/mol. The van der Waals surface area contributed by atoms with E-state index < -0.39 is 33.0 Å². The fourth-order valence-electron chi connectivity index (χ4n) is 2.48.